The molecule has 3 rings (SSSR count). The molecule has 0 unspecified atom stereocenters. The zero-order valence-electron chi connectivity index (χ0n) is 18.8. The molecule has 8 nitrogen and oxygen atoms in total. The van der Waals surface area contributed by atoms with E-state index in [4.69, 9.17) is 9.15 Å². The number of carbonyl (C=O) groups excluding carboxylic acids is 2. The van der Waals surface area contributed by atoms with Crippen molar-refractivity contribution >= 4 is 21.8 Å². The van der Waals surface area contributed by atoms with E-state index in [0.717, 1.165) is 11.4 Å². The number of hydrogen-bond donors (Lipinski definition) is 1. The number of ketones is 1. The van der Waals surface area contributed by atoms with Crippen LogP contribution in [0, 0.1) is 20.8 Å². The Labute approximate surface area is 192 Å². The van der Waals surface area contributed by atoms with Gasteiger partial charge in [-0.05, 0) is 56.7 Å². The van der Waals surface area contributed by atoms with Crippen LogP contribution in [0.15, 0.2) is 64.6 Å². The van der Waals surface area contributed by atoms with Gasteiger partial charge in [0.05, 0.1) is 23.3 Å². The van der Waals surface area contributed by atoms with E-state index in [1.165, 1.54) is 24.5 Å². The third kappa shape index (κ3) is 5.50. The van der Waals surface area contributed by atoms with Crippen molar-refractivity contribution in [3.8, 4) is 0 Å². The molecule has 0 amide bonds. The van der Waals surface area contributed by atoms with Crippen LogP contribution in [0.1, 0.15) is 43.4 Å². The van der Waals surface area contributed by atoms with E-state index in [1.54, 1.807) is 31.2 Å². The highest BCUT2D eigenvalue weighted by Gasteiger charge is 2.21. The predicted molar refractivity (Wildman–Crippen MR) is 123 cm³/mol. The van der Waals surface area contributed by atoms with E-state index in [9.17, 15) is 18.0 Å². The van der Waals surface area contributed by atoms with Crippen LogP contribution in [0.4, 0.5) is 0 Å². The quantitative estimate of drug-likeness (QED) is 0.275. The number of nitrogens with zero attached hydrogens (tertiary/aromatic N) is 1. The van der Waals surface area contributed by atoms with Gasteiger partial charge in [-0.15, -0.1) is 6.58 Å². The van der Waals surface area contributed by atoms with Gasteiger partial charge in [0.25, 0.3) is 0 Å². The number of furan rings is 1. The highest BCUT2D eigenvalue weighted by molar-refractivity contribution is 7.89. The molecule has 0 aliphatic heterocycles. The summed E-state index contributed by atoms with van der Waals surface area (Å²) in [6, 6.07) is 9.20. The van der Waals surface area contributed by atoms with Crippen LogP contribution in [-0.4, -0.2) is 31.3 Å². The minimum Gasteiger partial charge on any atom is -0.468 e. The molecule has 0 atom stereocenters. The van der Waals surface area contributed by atoms with Gasteiger partial charge in [0.15, 0.2) is 6.61 Å². The van der Waals surface area contributed by atoms with Crippen molar-refractivity contribution in [2.45, 2.75) is 38.8 Å². The highest BCUT2D eigenvalue weighted by atomic mass is 32.2. The lowest BCUT2D eigenvalue weighted by Gasteiger charge is -2.10. The summed E-state index contributed by atoms with van der Waals surface area (Å²) in [4.78, 5) is 25.2. The van der Waals surface area contributed by atoms with Gasteiger partial charge in [-0.2, -0.15) is 0 Å². The number of ether oxygens (including phenoxy) is 1. The Morgan fingerprint density at radius 1 is 1.15 bits per heavy atom. The van der Waals surface area contributed by atoms with Crippen molar-refractivity contribution in [3.05, 3.63) is 89.2 Å². The van der Waals surface area contributed by atoms with Gasteiger partial charge < -0.3 is 13.7 Å². The summed E-state index contributed by atoms with van der Waals surface area (Å²) >= 11 is 0. The van der Waals surface area contributed by atoms with Gasteiger partial charge in [-0.1, -0.05) is 12.1 Å². The smallest absolute Gasteiger partial charge is 0.338 e. The number of carbonyl (C=O) groups is 2. The Bertz CT molecular complexity index is 1290. The molecule has 9 heteroatoms. The van der Waals surface area contributed by atoms with E-state index in [1.807, 2.05) is 18.4 Å². The highest BCUT2D eigenvalue weighted by Crippen LogP contribution is 2.19. The van der Waals surface area contributed by atoms with E-state index in [2.05, 4.69) is 11.3 Å². The van der Waals surface area contributed by atoms with Crippen molar-refractivity contribution in [1.82, 2.24) is 9.29 Å². The van der Waals surface area contributed by atoms with Gasteiger partial charge in [0, 0.05) is 23.5 Å². The molecule has 1 aromatic carbocycles. The fraction of sp³-hybridized carbons (Fsp3) is 0.250. The number of allylic oxidation sites excluding steroid dienone is 1. The Balaban J connectivity index is 1.72. The minimum atomic E-state index is -3.89. The summed E-state index contributed by atoms with van der Waals surface area (Å²) in [5, 5.41) is 0. The van der Waals surface area contributed by atoms with Gasteiger partial charge in [-0.3, -0.25) is 4.79 Å². The molecule has 0 bridgehead atoms. The molecule has 0 aliphatic rings. The summed E-state index contributed by atoms with van der Waals surface area (Å²) in [5.74, 6) is -0.659. The van der Waals surface area contributed by atoms with E-state index >= 15 is 0 Å². The van der Waals surface area contributed by atoms with Crippen LogP contribution in [0.3, 0.4) is 0 Å². The Kier molecular flexibility index (Phi) is 7.35. The van der Waals surface area contributed by atoms with Crippen LogP contribution in [0.25, 0.3) is 0 Å². The number of aromatic nitrogens is 1. The van der Waals surface area contributed by atoms with Crippen LogP contribution in [0.5, 0.6) is 0 Å². The molecule has 2 heterocycles. The number of Topliss-reactive ketones (excluding diaryl/α,β-unsaturated/α-hetero) is 1. The summed E-state index contributed by atoms with van der Waals surface area (Å²) < 4.78 is 40.0. The molecule has 0 spiro atoms. The van der Waals surface area contributed by atoms with Crippen molar-refractivity contribution in [2.75, 3.05) is 6.61 Å². The molecule has 3 aromatic rings. The monoisotopic (exact) mass is 470 g/mol. The first-order valence-electron chi connectivity index (χ1n) is 10.2. The fourth-order valence-electron chi connectivity index (χ4n) is 3.43. The largest absolute Gasteiger partial charge is 0.468 e. The molecule has 0 saturated carbocycles. The first kappa shape index (κ1) is 24.2. The number of rotatable bonds is 10. The molecule has 174 valence electrons. The molecule has 2 aromatic heterocycles. The van der Waals surface area contributed by atoms with Crippen LogP contribution in [-0.2, 0) is 27.8 Å². The second-order valence-electron chi connectivity index (χ2n) is 7.56. The molecule has 33 heavy (non-hydrogen) atoms. The second kappa shape index (κ2) is 10.0. The molecular formula is C24H26N2O6S. The molecule has 0 radical (unpaired) electrons. The molecule has 0 fully saturated rings. The molecule has 1 N–H and O–H groups in total. The predicted octanol–water partition coefficient (Wildman–Crippen LogP) is 3.71. The number of nitrogens with one attached hydrogen (secondary N) is 1. The topological polar surface area (TPSA) is 108 Å². The van der Waals surface area contributed by atoms with Gasteiger partial charge in [0.2, 0.25) is 15.8 Å². The van der Waals surface area contributed by atoms with Crippen molar-refractivity contribution < 1.29 is 27.2 Å². The van der Waals surface area contributed by atoms with Crippen molar-refractivity contribution in [2.24, 2.45) is 0 Å². The standard InChI is InChI=1S/C24H26N2O6S/c1-5-10-26-17(3)12-22(18(26)4)23(27)15-32-24(28)21-13-20(9-8-16(21)2)33(29,30)25-14-19-7-6-11-31-19/h5-9,11-13,25H,1,10,14-15H2,2-4H3. The third-order valence-electron chi connectivity index (χ3n) is 5.28. The van der Waals surface area contributed by atoms with E-state index in [0.29, 0.717) is 23.4 Å². The Morgan fingerprint density at radius 3 is 2.58 bits per heavy atom. The number of sulfonamides is 1. The van der Waals surface area contributed by atoms with E-state index < -0.39 is 22.6 Å². The van der Waals surface area contributed by atoms with Gasteiger partial charge in [0.1, 0.15) is 5.76 Å². The molecule has 0 aliphatic carbocycles. The summed E-state index contributed by atoms with van der Waals surface area (Å²) in [6.07, 6.45) is 3.18. The maximum Gasteiger partial charge on any atom is 0.338 e. The lowest BCUT2D eigenvalue weighted by molar-refractivity contribution is 0.0473. The van der Waals surface area contributed by atoms with Crippen LogP contribution < -0.4 is 4.72 Å². The fourth-order valence-corrected chi connectivity index (χ4v) is 4.45. The lowest BCUT2D eigenvalue weighted by atomic mass is 10.1. The SMILES string of the molecule is C=CCn1c(C)cc(C(=O)COC(=O)c2cc(S(=O)(=O)NCc3ccco3)ccc2C)c1C. The third-order valence-corrected chi connectivity index (χ3v) is 6.67. The normalized spacial score (nSPS) is 11.4. The molecule has 0 saturated heterocycles. The summed E-state index contributed by atoms with van der Waals surface area (Å²) in [5.41, 5.74) is 2.73. The minimum absolute atomic E-state index is 0.0260. The second-order valence-corrected chi connectivity index (χ2v) is 9.33. The zero-order valence-corrected chi connectivity index (χ0v) is 19.6. The van der Waals surface area contributed by atoms with Gasteiger partial charge >= 0.3 is 5.97 Å². The molecular weight excluding hydrogens is 444 g/mol. The van der Waals surface area contributed by atoms with Crippen LogP contribution >= 0.6 is 0 Å². The number of esters is 1. The summed E-state index contributed by atoms with van der Waals surface area (Å²) in [6.45, 7) is 9.17. The van der Waals surface area contributed by atoms with E-state index in [-0.39, 0.29) is 22.8 Å². The van der Waals surface area contributed by atoms with Gasteiger partial charge in [-0.25, -0.2) is 17.9 Å². The average Bonchev–Trinajstić information content (AvgIpc) is 3.40. The number of hydrogen-bond acceptors (Lipinski definition) is 6. The Hall–Kier alpha value is -3.43. The zero-order chi connectivity index (χ0) is 24.2. The lowest BCUT2D eigenvalue weighted by Crippen LogP contribution is -2.23. The first-order valence-corrected chi connectivity index (χ1v) is 11.7. The summed E-state index contributed by atoms with van der Waals surface area (Å²) in [7, 11) is -3.89. The average molecular weight is 471 g/mol. The maximum atomic E-state index is 12.7. The van der Waals surface area contributed by atoms with Crippen LogP contribution in [0.2, 0.25) is 0 Å². The Morgan fingerprint density at radius 2 is 1.91 bits per heavy atom. The van der Waals surface area contributed by atoms with Crippen molar-refractivity contribution in [1.29, 1.82) is 0 Å². The van der Waals surface area contributed by atoms with Crippen molar-refractivity contribution in [3.63, 3.8) is 0 Å². The number of benzene rings is 1. The maximum absolute atomic E-state index is 12.7. The first-order chi connectivity index (χ1) is 15.6. The number of aryl methyl sites for hydroxylation is 2.